The highest BCUT2D eigenvalue weighted by atomic mass is 32.2. The van der Waals surface area contributed by atoms with E-state index < -0.39 is 17.5 Å². The van der Waals surface area contributed by atoms with Crippen LogP contribution in [0, 0.1) is 6.92 Å². The summed E-state index contributed by atoms with van der Waals surface area (Å²) in [5.41, 5.74) is 9.37. The van der Waals surface area contributed by atoms with E-state index in [-0.39, 0.29) is 17.6 Å². The number of anilines is 3. The Morgan fingerprint density at radius 1 is 0.983 bits per heavy atom. The van der Waals surface area contributed by atoms with Crippen LogP contribution in [0.4, 0.5) is 22.1 Å². The van der Waals surface area contributed by atoms with Gasteiger partial charge in [0, 0.05) is 50.7 Å². The van der Waals surface area contributed by atoms with Crippen molar-refractivity contribution in [3.05, 3.63) is 63.1 Å². The average Bonchev–Trinajstić information content (AvgIpc) is 3.77. The van der Waals surface area contributed by atoms with Gasteiger partial charge in [0.05, 0.1) is 59.4 Å². The molecule has 4 N–H and O–H groups in total. The van der Waals surface area contributed by atoms with Crippen molar-refractivity contribution in [2.45, 2.75) is 64.5 Å². The van der Waals surface area contributed by atoms with Crippen LogP contribution in [0.25, 0.3) is 11.0 Å². The number of methoxy groups -OCH3 is 2. The van der Waals surface area contributed by atoms with Crippen molar-refractivity contribution in [2.75, 3.05) is 82.7 Å². The maximum atomic E-state index is 13.6. The summed E-state index contributed by atoms with van der Waals surface area (Å²) in [5, 5.41) is 7.12. The number of fused-ring (bicyclic) bond motifs is 1. The van der Waals surface area contributed by atoms with Crippen molar-refractivity contribution in [1.82, 2.24) is 24.3 Å². The minimum Gasteiger partial charge on any atom is -0.491 e. The van der Waals surface area contributed by atoms with Gasteiger partial charge < -0.3 is 39.5 Å². The number of aryl methyl sites for hydroxylation is 2. The number of nitrogen functional groups attached to an aromatic ring is 1. The lowest BCUT2D eigenvalue weighted by Gasteiger charge is -2.35. The first-order valence-electron chi connectivity index (χ1n) is 19.3. The predicted octanol–water partition coefficient (Wildman–Crippen LogP) is 6.48. The second-order valence-electron chi connectivity index (χ2n) is 14.7. The number of thioether (sulfide) groups is 1. The molecule has 16 nitrogen and oxygen atoms in total. The van der Waals surface area contributed by atoms with Crippen LogP contribution < -0.4 is 21.1 Å². The van der Waals surface area contributed by atoms with Gasteiger partial charge in [-0.2, -0.15) is 0 Å². The lowest BCUT2D eigenvalue weighted by Crippen LogP contribution is -2.50. The molecule has 59 heavy (non-hydrogen) atoms. The standard InChI is InChI=1S/C41H54N8O8S2/c1-9-29-35(59-25(2)44-29)36(50)46-39-45-30-22-27(38(52)55-7)24-32(58-8)34(30)49(39)15-11-10-13-43-33-28(42)21-26(37(51)54-6)23-31(33)56-20-12-14-47-16-18-48(19-17-47)40(53)57-41(3,4)5/h10-11,21-24,43H,9,12-20,42H2,1-8H3,(H,45,46,50)/b11-10+. The molecule has 0 atom stereocenters. The number of carbonyl (C=O) groups is 4. The van der Waals surface area contributed by atoms with Gasteiger partial charge in [-0.15, -0.1) is 23.1 Å². The molecule has 1 aliphatic rings. The van der Waals surface area contributed by atoms with Gasteiger partial charge in [-0.3, -0.25) is 15.0 Å². The Balaban J connectivity index is 1.28. The van der Waals surface area contributed by atoms with Gasteiger partial charge in [0.25, 0.3) is 5.91 Å². The smallest absolute Gasteiger partial charge is 0.410 e. The number of benzene rings is 2. The third-order valence-electron chi connectivity index (χ3n) is 9.32. The summed E-state index contributed by atoms with van der Waals surface area (Å²) in [5.74, 6) is -0.608. The lowest BCUT2D eigenvalue weighted by molar-refractivity contribution is 0.0141. The van der Waals surface area contributed by atoms with Gasteiger partial charge in [-0.25, -0.2) is 24.4 Å². The van der Waals surface area contributed by atoms with E-state index in [2.05, 4.69) is 20.5 Å². The fraction of sp³-hybridized carbons (Fsp3) is 0.463. The number of rotatable bonds is 16. The number of thiazole rings is 1. The zero-order valence-corrected chi connectivity index (χ0v) is 36.6. The third-order valence-corrected chi connectivity index (χ3v) is 11.1. The molecule has 0 spiro atoms. The molecule has 5 rings (SSSR count). The highest BCUT2D eigenvalue weighted by molar-refractivity contribution is 7.98. The number of aromatic nitrogens is 3. The minimum absolute atomic E-state index is 0.264. The summed E-state index contributed by atoms with van der Waals surface area (Å²) >= 11 is 2.78. The number of amides is 2. The number of hydrogen-bond acceptors (Lipinski definition) is 15. The van der Waals surface area contributed by atoms with Crippen molar-refractivity contribution in [3.63, 3.8) is 0 Å². The lowest BCUT2D eigenvalue weighted by atomic mass is 10.1. The summed E-state index contributed by atoms with van der Waals surface area (Å²) in [4.78, 5) is 65.6. The van der Waals surface area contributed by atoms with Gasteiger partial charge in [0.15, 0.2) is 0 Å². The SMILES string of the molecule is CCc1nc(C)sc1C(=O)Nc1nc2cc(C(=O)OC)cc(SC)c2n1C/C=C/CNc1c(N)cc(C(=O)OC)cc1OCCCN1CCN(C(=O)OC(C)(C)C)CC1. The summed E-state index contributed by atoms with van der Waals surface area (Å²) < 4.78 is 23.5. The van der Waals surface area contributed by atoms with E-state index in [4.69, 9.17) is 29.7 Å². The highest BCUT2D eigenvalue weighted by Gasteiger charge is 2.26. The molecule has 2 amide bonds. The van der Waals surface area contributed by atoms with Gasteiger partial charge >= 0.3 is 18.0 Å². The molecule has 1 fully saturated rings. The number of hydrogen-bond donors (Lipinski definition) is 3. The van der Waals surface area contributed by atoms with Crippen LogP contribution in [-0.2, 0) is 27.2 Å². The van der Waals surface area contributed by atoms with E-state index in [9.17, 15) is 19.2 Å². The molecule has 1 aliphatic heterocycles. The Morgan fingerprint density at radius 3 is 2.32 bits per heavy atom. The molecule has 4 aromatic rings. The first-order valence-corrected chi connectivity index (χ1v) is 21.4. The fourth-order valence-electron chi connectivity index (χ4n) is 6.49. The molecule has 2 aromatic heterocycles. The van der Waals surface area contributed by atoms with Crippen LogP contribution in [0.1, 0.15) is 75.2 Å². The molecule has 0 unspecified atom stereocenters. The molecule has 0 bridgehead atoms. The zero-order chi connectivity index (χ0) is 42.9. The summed E-state index contributed by atoms with van der Waals surface area (Å²) in [7, 11) is 2.63. The van der Waals surface area contributed by atoms with E-state index in [1.165, 1.54) is 37.3 Å². The van der Waals surface area contributed by atoms with E-state index in [0.717, 1.165) is 35.1 Å². The van der Waals surface area contributed by atoms with Crippen LogP contribution in [-0.4, -0.2) is 120 Å². The Hall–Kier alpha value is -5.33. The van der Waals surface area contributed by atoms with Gasteiger partial charge in [-0.1, -0.05) is 19.1 Å². The van der Waals surface area contributed by atoms with E-state index in [1.54, 1.807) is 29.2 Å². The Kier molecular flexibility index (Phi) is 15.2. The van der Waals surface area contributed by atoms with Crippen LogP contribution in [0.15, 0.2) is 41.3 Å². The number of allylic oxidation sites excluding steroid dienone is 1. The largest absolute Gasteiger partial charge is 0.491 e. The number of nitrogens with one attached hydrogen (secondary N) is 2. The Bertz CT molecular complexity index is 2190. The maximum absolute atomic E-state index is 13.6. The minimum atomic E-state index is -0.538. The van der Waals surface area contributed by atoms with Crippen LogP contribution >= 0.6 is 23.1 Å². The summed E-state index contributed by atoms with van der Waals surface area (Å²) in [6.45, 7) is 13.8. The number of esters is 2. The molecular formula is C41H54N8O8S2. The number of carbonyl (C=O) groups excluding carboxylic acids is 4. The fourth-order valence-corrected chi connectivity index (χ4v) is 8.05. The molecule has 2 aromatic carbocycles. The average molecular weight is 851 g/mol. The number of nitrogens with two attached hydrogens (primary N) is 1. The first kappa shape index (κ1) is 44.8. The molecule has 18 heteroatoms. The number of ether oxygens (including phenoxy) is 4. The van der Waals surface area contributed by atoms with Crippen LogP contribution in [0.2, 0.25) is 0 Å². The molecule has 0 aliphatic carbocycles. The zero-order valence-electron chi connectivity index (χ0n) is 34.9. The topological polar surface area (TPSA) is 192 Å². The van der Waals surface area contributed by atoms with Crippen molar-refractivity contribution < 1.29 is 38.1 Å². The van der Waals surface area contributed by atoms with E-state index in [0.29, 0.717) is 90.4 Å². The molecule has 1 saturated heterocycles. The maximum Gasteiger partial charge on any atom is 0.410 e. The molecular weight excluding hydrogens is 797 g/mol. The highest BCUT2D eigenvalue weighted by Crippen LogP contribution is 2.34. The summed E-state index contributed by atoms with van der Waals surface area (Å²) in [6, 6.07) is 6.57. The monoisotopic (exact) mass is 850 g/mol. The third kappa shape index (κ3) is 11.5. The molecule has 0 saturated carbocycles. The number of imidazole rings is 1. The van der Waals surface area contributed by atoms with E-state index >= 15 is 0 Å². The van der Waals surface area contributed by atoms with Crippen LogP contribution in [0.3, 0.4) is 0 Å². The van der Waals surface area contributed by atoms with Crippen molar-refractivity contribution in [1.29, 1.82) is 0 Å². The van der Waals surface area contributed by atoms with Gasteiger partial charge in [-0.05, 0) is 71.1 Å². The number of nitrogens with zero attached hydrogens (tertiary/aromatic N) is 5. The normalized spacial score (nSPS) is 13.5. The second kappa shape index (κ2) is 20.1. The number of piperazine rings is 1. The molecule has 3 heterocycles. The molecule has 318 valence electrons. The van der Waals surface area contributed by atoms with Crippen molar-refractivity contribution >= 4 is 75.4 Å². The second-order valence-corrected chi connectivity index (χ2v) is 16.7. The van der Waals surface area contributed by atoms with Gasteiger partial charge in [0.2, 0.25) is 5.95 Å². The van der Waals surface area contributed by atoms with Crippen molar-refractivity contribution in [2.24, 2.45) is 0 Å². The van der Waals surface area contributed by atoms with Gasteiger partial charge in [0.1, 0.15) is 21.9 Å². The quantitative estimate of drug-likeness (QED) is 0.0277. The van der Waals surface area contributed by atoms with E-state index in [1.807, 2.05) is 57.6 Å². The van der Waals surface area contributed by atoms with Crippen LogP contribution in [0.5, 0.6) is 5.75 Å². The Labute approximate surface area is 352 Å². The molecule has 0 radical (unpaired) electrons. The van der Waals surface area contributed by atoms with Crippen molar-refractivity contribution in [3.8, 4) is 5.75 Å². The summed E-state index contributed by atoms with van der Waals surface area (Å²) in [6.07, 6.45) is 6.76. The predicted molar refractivity (Wildman–Crippen MR) is 231 cm³/mol. The Morgan fingerprint density at radius 2 is 1.68 bits per heavy atom. The first-order chi connectivity index (χ1) is 28.2.